The van der Waals surface area contributed by atoms with Crippen molar-refractivity contribution in [2.24, 2.45) is 0 Å². The highest BCUT2D eigenvalue weighted by molar-refractivity contribution is 6.32. The summed E-state index contributed by atoms with van der Waals surface area (Å²) in [5, 5.41) is 1.06. The summed E-state index contributed by atoms with van der Waals surface area (Å²) in [4.78, 5) is 38.1. The van der Waals surface area contributed by atoms with Crippen molar-refractivity contribution in [3.63, 3.8) is 0 Å². The number of carbonyl (C=O) groups is 3. The number of rotatable bonds is 5. The van der Waals surface area contributed by atoms with Crippen molar-refractivity contribution in [3.05, 3.63) is 63.6 Å². The lowest BCUT2D eigenvalue weighted by atomic mass is 10.1. The Morgan fingerprint density at radius 1 is 1.15 bits per heavy atom. The van der Waals surface area contributed by atoms with E-state index >= 15 is 0 Å². The number of anilines is 1. The average molecular weight is 406 g/mol. The van der Waals surface area contributed by atoms with Crippen LogP contribution in [0.1, 0.15) is 17.5 Å². The van der Waals surface area contributed by atoms with Crippen LogP contribution in [0, 0.1) is 6.92 Å². The van der Waals surface area contributed by atoms with Crippen LogP contribution >= 0.6 is 23.2 Å². The van der Waals surface area contributed by atoms with Crippen LogP contribution < -0.4 is 15.8 Å². The molecular formula is C19H17Cl2N3O3. The van der Waals surface area contributed by atoms with Crippen LogP contribution in [-0.2, 0) is 20.8 Å². The molecule has 1 fully saturated rings. The Labute approximate surface area is 166 Å². The fourth-order valence-electron chi connectivity index (χ4n) is 2.84. The number of benzene rings is 2. The van der Waals surface area contributed by atoms with Gasteiger partial charge >= 0.3 is 0 Å². The summed E-state index contributed by atoms with van der Waals surface area (Å²) in [5.41, 5.74) is 7.03. The van der Waals surface area contributed by atoms with Gasteiger partial charge in [0.2, 0.25) is 11.8 Å². The first-order valence-electron chi connectivity index (χ1n) is 8.27. The maximum absolute atomic E-state index is 12.6. The first-order chi connectivity index (χ1) is 12.9. The second-order valence-electron chi connectivity index (χ2n) is 6.20. The van der Waals surface area contributed by atoms with Gasteiger partial charge in [-0.05, 0) is 42.3 Å². The second-order valence-corrected chi connectivity index (χ2v) is 7.05. The third kappa shape index (κ3) is 4.30. The smallest absolute Gasteiger partial charge is 0.253 e. The molecule has 27 heavy (non-hydrogen) atoms. The van der Waals surface area contributed by atoms with E-state index in [-0.39, 0.29) is 24.7 Å². The molecule has 140 valence electrons. The first kappa shape index (κ1) is 19.4. The van der Waals surface area contributed by atoms with Gasteiger partial charge in [0.1, 0.15) is 6.04 Å². The monoisotopic (exact) mass is 405 g/mol. The van der Waals surface area contributed by atoms with Gasteiger partial charge < -0.3 is 0 Å². The average Bonchev–Trinajstić information content (AvgIpc) is 2.91. The number of halogens is 2. The molecule has 1 heterocycles. The second kappa shape index (κ2) is 8.08. The molecule has 0 aromatic heterocycles. The molecule has 2 aromatic carbocycles. The van der Waals surface area contributed by atoms with E-state index in [9.17, 15) is 14.4 Å². The lowest BCUT2D eigenvalue weighted by Crippen LogP contribution is -2.48. The highest BCUT2D eigenvalue weighted by Crippen LogP contribution is 2.30. The number of amides is 3. The molecule has 8 heteroatoms. The van der Waals surface area contributed by atoms with Gasteiger partial charge in [0.05, 0.1) is 18.5 Å². The van der Waals surface area contributed by atoms with E-state index in [0.29, 0.717) is 21.3 Å². The fourth-order valence-corrected chi connectivity index (χ4v) is 3.13. The van der Waals surface area contributed by atoms with E-state index in [1.807, 2.05) is 0 Å². The molecule has 1 aliphatic heterocycles. The number of nitrogens with zero attached hydrogens (tertiary/aromatic N) is 1. The highest BCUT2D eigenvalue weighted by Gasteiger charge is 2.40. The summed E-state index contributed by atoms with van der Waals surface area (Å²) >= 11 is 11.9. The SMILES string of the molecule is Cc1c(Cl)cccc1N1C(=O)CC(NNC(=O)Cc2ccc(Cl)cc2)C1=O. The lowest BCUT2D eigenvalue weighted by Gasteiger charge is -2.18. The highest BCUT2D eigenvalue weighted by atomic mass is 35.5. The Bertz CT molecular complexity index is 900. The standard InChI is InChI=1S/C19H17Cl2N3O3/c1-11-14(21)3-2-4-16(11)24-18(26)10-15(19(24)27)22-23-17(25)9-12-5-7-13(20)8-6-12/h2-8,15,22H,9-10H2,1H3,(H,23,25). The van der Waals surface area contributed by atoms with Gasteiger partial charge in [0.15, 0.2) is 0 Å². The van der Waals surface area contributed by atoms with Gasteiger partial charge in [-0.1, -0.05) is 41.4 Å². The largest absolute Gasteiger partial charge is 0.291 e. The first-order valence-corrected chi connectivity index (χ1v) is 9.03. The summed E-state index contributed by atoms with van der Waals surface area (Å²) in [6.45, 7) is 1.74. The van der Waals surface area contributed by atoms with Gasteiger partial charge in [0.25, 0.3) is 5.91 Å². The molecule has 1 unspecified atom stereocenters. The molecule has 6 nitrogen and oxygen atoms in total. The Kier molecular flexibility index (Phi) is 5.79. The van der Waals surface area contributed by atoms with Crippen LogP contribution in [0.5, 0.6) is 0 Å². The molecule has 0 bridgehead atoms. The molecule has 1 saturated heterocycles. The molecule has 1 aliphatic rings. The van der Waals surface area contributed by atoms with Crippen LogP contribution in [0.2, 0.25) is 10.0 Å². The molecule has 3 rings (SSSR count). The van der Waals surface area contributed by atoms with Crippen LogP contribution in [0.25, 0.3) is 0 Å². The van der Waals surface area contributed by atoms with Crippen molar-refractivity contribution in [3.8, 4) is 0 Å². The minimum atomic E-state index is -0.829. The molecule has 1 atom stereocenters. The quantitative estimate of drug-likeness (QED) is 0.592. The van der Waals surface area contributed by atoms with Gasteiger partial charge in [-0.3, -0.25) is 19.8 Å². The fraction of sp³-hybridized carbons (Fsp3) is 0.211. The van der Waals surface area contributed by atoms with Crippen molar-refractivity contribution in [1.82, 2.24) is 10.9 Å². The molecule has 0 saturated carbocycles. The number of hydrogen-bond acceptors (Lipinski definition) is 4. The van der Waals surface area contributed by atoms with Crippen molar-refractivity contribution < 1.29 is 14.4 Å². The third-order valence-corrected chi connectivity index (χ3v) is 4.95. The van der Waals surface area contributed by atoms with Crippen LogP contribution in [0.3, 0.4) is 0 Å². The Hall–Kier alpha value is -2.41. The summed E-state index contributed by atoms with van der Waals surface area (Å²) < 4.78 is 0. The number of hydrazine groups is 1. The third-order valence-electron chi connectivity index (χ3n) is 4.29. The zero-order valence-corrected chi connectivity index (χ0v) is 16.0. The minimum Gasteiger partial charge on any atom is -0.291 e. The maximum Gasteiger partial charge on any atom is 0.253 e. The Balaban J connectivity index is 1.62. The number of hydrogen-bond donors (Lipinski definition) is 2. The molecule has 2 N–H and O–H groups in total. The zero-order chi connectivity index (χ0) is 19.6. The van der Waals surface area contributed by atoms with Gasteiger partial charge in [-0.15, -0.1) is 0 Å². The van der Waals surface area contributed by atoms with Crippen molar-refractivity contribution in [2.75, 3.05) is 4.90 Å². The normalized spacial score (nSPS) is 16.7. The van der Waals surface area contributed by atoms with Crippen molar-refractivity contribution in [2.45, 2.75) is 25.8 Å². The summed E-state index contributed by atoms with van der Waals surface area (Å²) in [6, 6.07) is 11.1. The summed E-state index contributed by atoms with van der Waals surface area (Å²) in [6.07, 6.45) is 0.0716. The minimum absolute atomic E-state index is 0.0496. The van der Waals surface area contributed by atoms with E-state index < -0.39 is 11.9 Å². The van der Waals surface area contributed by atoms with E-state index in [0.717, 1.165) is 10.5 Å². The number of carbonyl (C=O) groups excluding carboxylic acids is 3. The molecular weight excluding hydrogens is 389 g/mol. The topological polar surface area (TPSA) is 78.5 Å². The Morgan fingerprint density at radius 3 is 2.56 bits per heavy atom. The van der Waals surface area contributed by atoms with Crippen LogP contribution in [0.15, 0.2) is 42.5 Å². The van der Waals surface area contributed by atoms with Gasteiger partial charge in [-0.25, -0.2) is 10.3 Å². The summed E-state index contributed by atoms with van der Waals surface area (Å²) in [5.74, 6) is -1.11. The molecule has 3 amide bonds. The van der Waals surface area contributed by atoms with E-state index in [4.69, 9.17) is 23.2 Å². The predicted octanol–water partition coefficient (Wildman–Crippen LogP) is 2.80. The van der Waals surface area contributed by atoms with E-state index in [2.05, 4.69) is 10.9 Å². The molecule has 0 radical (unpaired) electrons. The van der Waals surface area contributed by atoms with Crippen LogP contribution in [0.4, 0.5) is 5.69 Å². The molecule has 0 aliphatic carbocycles. The predicted molar refractivity (Wildman–Crippen MR) is 104 cm³/mol. The number of nitrogens with one attached hydrogen (secondary N) is 2. The Morgan fingerprint density at radius 2 is 1.85 bits per heavy atom. The van der Waals surface area contributed by atoms with Crippen LogP contribution in [-0.4, -0.2) is 23.8 Å². The van der Waals surface area contributed by atoms with Crippen molar-refractivity contribution >= 4 is 46.6 Å². The summed E-state index contributed by atoms with van der Waals surface area (Å²) in [7, 11) is 0. The zero-order valence-electron chi connectivity index (χ0n) is 14.5. The maximum atomic E-state index is 12.6. The van der Waals surface area contributed by atoms with Gasteiger partial charge in [0, 0.05) is 10.0 Å². The number of imide groups is 1. The van der Waals surface area contributed by atoms with Gasteiger partial charge in [-0.2, -0.15) is 0 Å². The van der Waals surface area contributed by atoms with E-state index in [1.165, 1.54) is 0 Å². The molecule has 2 aromatic rings. The van der Waals surface area contributed by atoms with E-state index in [1.54, 1.807) is 49.4 Å². The lowest BCUT2D eigenvalue weighted by molar-refractivity contribution is -0.122. The van der Waals surface area contributed by atoms with Crippen molar-refractivity contribution in [1.29, 1.82) is 0 Å². The molecule has 0 spiro atoms.